The van der Waals surface area contributed by atoms with Crippen molar-refractivity contribution in [3.05, 3.63) is 47.5 Å². The number of likely N-dealkylation sites (tertiary alicyclic amines) is 1. The second-order valence-corrected chi connectivity index (χ2v) is 9.25. The minimum atomic E-state index is -4.56. The van der Waals surface area contributed by atoms with Crippen LogP contribution >= 0.6 is 0 Å². The number of aromatic nitrogens is 2. The number of alkyl halides is 5. The highest BCUT2D eigenvalue weighted by molar-refractivity contribution is 5.75. The number of amides is 1. The predicted molar refractivity (Wildman–Crippen MR) is 120 cm³/mol. The Bertz CT molecular complexity index is 1070. The number of nitrogens with one attached hydrogen (secondary N) is 1. The zero-order valence-electron chi connectivity index (χ0n) is 19.2. The summed E-state index contributed by atoms with van der Waals surface area (Å²) in [7, 11) is 0. The van der Waals surface area contributed by atoms with Crippen LogP contribution in [0.5, 0.6) is 0 Å². The Balaban J connectivity index is 1.48. The fourth-order valence-electron chi connectivity index (χ4n) is 4.73. The van der Waals surface area contributed by atoms with Crippen LogP contribution in [0.3, 0.4) is 0 Å². The predicted octanol–water partition coefficient (Wildman–Crippen LogP) is 3.83. The quantitative estimate of drug-likeness (QED) is 0.544. The smallest absolute Gasteiger partial charge is 0.369 e. The van der Waals surface area contributed by atoms with Gasteiger partial charge >= 0.3 is 6.18 Å². The molecule has 2 aliphatic rings. The Morgan fingerprint density at radius 3 is 2.42 bits per heavy atom. The van der Waals surface area contributed by atoms with Gasteiger partial charge in [0.15, 0.2) is 11.6 Å². The summed E-state index contributed by atoms with van der Waals surface area (Å²) in [4.78, 5) is 21.9. The van der Waals surface area contributed by atoms with Gasteiger partial charge in [0.05, 0.1) is 24.7 Å². The van der Waals surface area contributed by atoms with Crippen molar-refractivity contribution in [2.75, 3.05) is 42.9 Å². The zero-order valence-corrected chi connectivity index (χ0v) is 19.2. The number of benzene rings is 1. The van der Waals surface area contributed by atoms with Crippen LogP contribution in [0, 0.1) is 11.7 Å². The monoisotopic (exact) mass is 516 g/mol. The van der Waals surface area contributed by atoms with E-state index in [4.69, 9.17) is 5.73 Å². The summed E-state index contributed by atoms with van der Waals surface area (Å²) in [5.41, 5.74) is 4.52. The first-order chi connectivity index (χ1) is 16.9. The van der Waals surface area contributed by atoms with Crippen molar-refractivity contribution in [2.24, 2.45) is 11.7 Å². The molecule has 36 heavy (non-hydrogen) atoms. The SMILES string of the molecule is NC(=O)CN1CCC(CNc2ncnc(N3CC(F)(F)C[C@H]3c3ccc(C(F)(F)F)cc3)c2F)CC1. The van der Waals surface area contributed by atoms with E-state index >= 15 is 4.39 Å². The molecule has 0 saturated carbocycles. The van der Waals surface area contributed by atoms with Gasteiger partial charge in [-0.3, -0.25) is 9.69 Å². The van der Waals surface area contributed by atoms with Crippen LogP contribution in [0.1, 0.15) is 36.4 Å². The molecule has 0 radical (unpaired) electrons. The normalized spacial score (nSPS) is 21.1. The minimum absolute atomic E-state index is 0.138. The van der Waals surface area contributed by atoms with Gasteiger partial charge in [-0.1, -0.05) is 12.1 Å². The topological polar surface area (TPSA) is 87.4 Å². The van der Waals surface area contributed by atoms with Crippen molar-refractivity contribution in [1.29, 1.82) is 0 Å². The van der Waals surface area contributed by atoms with Gasteiger partial charge in [-0.2, -0.15) is 17.6 Å². The highest BCUT2D eigenvalue weighted by atomic mass is 19.4. The van der Waals surface area contributed by atoms with Crippen molar-refractivity contribution >= 4 is 17.5 Å². The molecule has 2 aromatic rings. The number of carbonyl (C=O) groups is 1. The van der Waals surface area contributed by atoms with Crippen molar-refractivity contribution in [3.63, 3.8) is 0 Å². The van der Waals surface area contributed by atoms with Crippen LogP contribution in [0.2, 0.25) is 0 Å². The maximum absolute atomic E-state index is 15.4. The second-order valence-electron chi connectivity index (χ2n) is 9.25. The summed E-state index contributed by atoms with van der Waals surface area (Å²) in [6.07, 6.45) is -2.66. The molecular weight excluding hydrogens is 490 g/mol. The summed E-state index contributed by atoms with van der Waals surface area (Å²) in [6, 6.07) is 2.84. The van der Waals surface area contributed by atoms with E-state index in [1.165, 1.54) is 0 Å². The number of halogens is 6. The van der Waals surface area contributed by atoms with Gasteiger partial charge in [-0.25, -0.2) is 18.7 Å². The maximum atomic E-state index is 15.4. The molecule has 1 aromatic carbocycles. The molecule has 2 fully saturated rings. The van der Waals surface area contributed by atoms with Crippen LogP contribution in [0.4, 0.5) is 38.0 Å². The highest BCUT2D eigenvalue weighted by Crippen LogP contribution is 2.44. The molecule has 3 N–H and O–H groups in total. The number of anilines is 2. The molecule has 13 heteroatoms. The average molecular weight is 516 g/mol. The lowest BCUT2D eigenvalue weighted by Crippen LogP contribution is -2.40. The van der Waals surface area contributed by atoms with Crippen molar-refractivity contribution in [2.45, 2.75) is 37.4 Å². The first kappa shape index (κ1) is 26.0. The molecule has 0 aliphatic carbocycles. The van der Waals surface area contributed by atoms with Gasteiger partial charge in [0.1, 0.15) is 6.33 Å². The maximum Gasteiger partial charge on any atom is 0.416 e. The van der Waals surface area contributed by atoms with Gasteiger partial charge in [0.2, 0.25) is 11.7 Å². The number of rotatable bonds is 7. The number of piperidine rings is 1. The fourth-order valence-corrected chi connectivity index (χ4v) is 4.73. The largest absolute Gasteiger partial charge is 0.416 e. The summed E-state index contributed by atoms with van der Waals surface area (Å²) < 4.78 is 82.9. The van der Waals surface area contributed by atoms with E-state index in [0.29, 0.717) is 19.6 Å². The zero-order chi connectivity index (χ0) is 26.1. The molecule has 2 saturated heterocycles. The summed E-state index contributed by atoms with van der Waals surface area (Å²) in [5.74, 6) is -4.78. The van der Waals surface area contributed by atoms with Gasteiger partial charge < -0.3 is 16.0 Å². The Hall–Kier alpha value is -3.09. The lowest BCUT2D eigenvalue weighted by Gasteiger charge is -2.31. The number of primary amides is 1. The van der Waals surface area contributed by atoms with Crippen molar-refractivity contribution in [1.82, 2.24) is 14.9 Å². The first-order valence-electron chi connectivity index (χ1n) is 11.5. The molecule has 0 unspecified atom stereocenters. The number of nitrogens with two attached hydrogens (primary N) is 1. The molecule has 7 nitrogen and oxygen atoms in total. The van der Waals surface area contributed by atoms with E-state index in [-0.39, 0.29) is 29.7 Å². The molecular formula is C23H26F6N6O. The lowest BCUT2D eigenvalue weighted by atomic mass is 9.97. The van der Waals surface area contributed by atoms with Crippen LogP contribution in [0.15, 0.2) is 30.6 Å². The third kappa shape index (κ3) is 6.00. The number of nitrogens with zero attached hydrogens (tertiary/aromatic N) is 4. The van der Waals surface area contributed by atoms with E-state index in [1.54, 1.807) is 0 Å². The molecule has 0 spiro atoms. The molecule has 3 heterocycles. The lowest BCUT2D eigenvalue weighted by molar-refractivity contribution is -0.137. The standard InChI is InChI=1S/C23H26F6N6O/c24-19-20(31-10-14-5-7-34(8-6-14)11-18(30)36)32-13-33-21(19)35-12-22(25,26)9-17(35)15-1-3-16(4-2-15)23(27,28)29/h1-4,13-14,17H,5-12H2,(H2,30,36)(H,31,32,33)/t17-/m0/s1. The summed E-state index contributed by atoms with van der Waals surface area (Å²) in [5, 5.41) is 2.93. The van der Waals surface area contributed by atoms with Crippen LogP contribution in [-0.4, -0.2) is 59.4 Å². The third-order valence-electron chi connectivity index (χ3n) is 6.58. The van der Waals surface area contributed by atoms with Crippen LogP contribution in [-0.2, 0) is 11.0 Å². The highest BCUT2D eigenvalue weighted by Gasteiger charge is 2.47. The van der Waals surface area contributed by atoms with Gasteiger partial charge in [-0.15, -0.1) is 0 Å². The summed E-state index contributed by atoms with van der Waals surface area (Å²) in [6.45, 7) is 1.08. The van der Waals surface area contributed by atoms with E-state index in [1.807, 2.05) is 4.90 Å². The van der Waals surface area contributed by atoms with E-state index < -0.39 is 48.4 Å². The fraction of sp³-hybridized carbons (Fsp3) is 0.522. The van der Waals surface area contributed by atoms with Gasteiger partial charge in [0, 0.05) is 13.0 Å². The van der Waals surface area contributed by atoms with Gasteiger partial charge in [0.25, 0.3) is 5.92 Å². The van der Waals surface area contributed by atoms with E-state index in [0.717, 1.165) is 48.3 Å². The minimum Gasteiger partial charge on any atom is -0.369 e. The third-order valence-corrected chi connectivity index (χ3v) is 6.58. The summed E-state index contributed by atoms with van der Waals surface area (Å²) >= 11 is 0. The molecule has 1 atom stereocenters. The molecule has 2 aliphatic heterocycles. The second kappa shape index (κ2) is 10.1. The Labute approximate surface area is 203 Å². The number of carbonyl (C=O) groups excluding carboxylic acids is 1. The first-order valence-corrected chi connectivity index (χ1v) is 11.5. The molecule has 1 amide bonds. The number of hydrogen-bond donors (Lipinski definition) is 2. The van der Waals surface area contributed by atoms with Crippen molar-refractivity contribution in [3.8, 4) is 0 Å². The number of hydrogen-bond acceptors (Lipinski definition) is 6. The van der Waals surface area contributed by atoms with Gasteiger partial charge in [-0.05, 0) is 49.5 Å². The van der Waals surface area contributed by atoms with Crippen LogP contribution < -0.4 is 16.0 Å². The average Bonchev–Trinajstić information content (AvgIpc) is 3.13. The molecule has 1 aromatic heterocycles. The van der Waals surface area contributed by atoms with E-state index in [9.17, 15) is 26.7 Å². The molecule has 4 rings (SSSR count). The van der Waals surface area contributed by atoms with Crippen LogP contribution in [0.25, 0.3) is 0 Å². The van der Waals surface area contributed by atoms with E-state index in [2.05, 4.69) is 15.3 Å². The molecule has 0 bridgehead atoms. The molecule has 196 valence electrons. The van der Waals surface area contributed by atoms with Crippen molar-refractivity contribution < 1.29 is 31.1 Å². The Morgan fingerprint density at radius 2 is 1.81 bits per heavy atom. The Kier molecular flexibility index (Phi) is 7.30. The Morgan fingerprint density at radius 1 is 1.14 bits per heavy atom.